The Morgan fingerprint density at radius 3 is 1.04 bits per heavy atom. The third kappa shape index (κ3) is 25.9. The van der Waals surface area contributed by atoms with Crippen LogP contribution < -0.4 is 9.47 Å². The molecule has 0 aliphatic carbocycles. The molecule has 0 spiro atoms. The van der Waals surface area contributed by atoms with Crippen LogP contribution in [0.1, 0.15) is 179 Å². The lowest BCUT2D eigenvalue weighted by atomic mass is 10.1. The number of aryl methyl sites for hydroxylation is 2. The SMILES string of the molecule is CCCCC/C=C\C/C=C\CCCCCCCCOc1cc(C)c(OCCCCCCCC/C=C\C/C=C\CCCCC)cc1C. The summed E-state index contributed by atoms with van der Waals surface area (Å²) in [5, 5.41) is 0. The molecule has 0 saturated heterocycles. The number of rotatable bonds is 32. The molecule has 0 aliphatic rings. The normalized spacial score (nSPS) is 12.1. The van der Waals surface area contributed by atoms with E-state index in [1.165, 1.54) is 140 Å². The quantitative estimate of drug-likeness (QED) is 0.0580. The lowest BCUT2D eigenvalue weighted by Gasteiger charge is -2.14. The highest BCUT2D eigenvalue weighted by Gasteiger charge is 2.07. The van der Waals surface area contributed by atoms with Crippen molar-refractivity contribution >= 4 is 0 Å². The average Bonchev–Trinajstić information content (AvgIpc) is 3.05. The van der Waals surface area contributed by atoms with Gasteiger partial charge in [-0.2, -0.15) is 0 Å². The number of ether oxygens (including phenoxy) is 2. The van der Waals surface area contributed by atoms with Gasteiger partial charge >= 0.3 is 0 Å². The summed E-state index contributed by atoms with van der Waals surface area (Å²) >= 11 is 0. The average molecular weight is 635 g/mol. The number of benzene rings is 1. The zero-order valence-electron chi connectivity index (χ0n) is 31.0. The van der Waals surface area contributed by atoms with Crippen LogP contribution in [0.2, 0.25) is 0 Å². The van der Waals surface area contributed by atoms with Crippen molar-refractivity contribution in [3.05, 3.63) is 71.9 Å². The largest absolute Gasteiger partial charge is 0.493 e. The summed E-state index contributed by atoms with van der Waals surface area (Å²) in [6.07, 6.45) is 49.2. The van der Waals surface area contributed by atoms with Crippen LogP contribution in [0.5, 0.6) is 11.5 Å². The van der Waals surface area contributed by atoms with E-state index in [9.17, 15) is 0 Å². The van der Waals surface area contributed by atoms with Crippen LogP contribution in [-0.4, -0.2) is 13.2 Å². The van der Waals surface area contributed by atoms with E-state index >= 15 is 0 Å². The fourth-order valence-electron chi connectivity index (χ4n) is 5.62. The summed E-state index contributed by atoms with van der Waals surface area (Å²) < 4.78 is 12.3. The van der Waals surface area contributed by atoms with Gasteiger partial charge in [-0.25, -0.2) is 0 Å². The van der Waals surface area contributed by atoms with E-state index in [-0.39, 0.29) is 0 Å². The second kappa shape index (κ2) is 32.7. The van der Waals surface area contributed by atoms with E-state index in [2.05, 4.69) is 88.4 Å². The van der Waals surface area contributed by atoms with Gasteiger partial charge in [-0.15, -0.1) is 0 Å². The predicted molar refractivity (Wildman–Crippen MR) is 206 cm³/mol. The van der Waals surface area contributed by atoms with Crippen LogP contribution in [-0.2, 0) is 0 Å². The van der Waals surface area contributed by atoms with Crippen molar-refractivity contribution in [2.75, 3.05) is 13.2 Å². The van der Waals surface area contributed by atoms with Gasteiger partial charge in [0.2, 0.25) is 0 Å². The zero-order chi connectivity index (χ0) is 33.2. The van der Waals surface area contributed by atoms with E-state index in [1.54, 1.807) is 0 Å². The second-order valence-corrected chi connectivity index (χ2v) is 13.2. The van der Waals surface area contributed by atoms with E-state index < -0.39 is 0 Å². The number of allylic oxidation sites excluding steroid dienone is 8. The van der Waals surface area contributed by atoms with Crippen molar-refractivity contribution in [3.8, 4) is 11.5 Å². The van der Waals surface area contributed by atoms with Gasteiger partial charge in [-0.05, 0) is 114 Å². The van der Waals surface area contributed by atoms with Crippen molar-refractivity contribution in [1.82, 2.24) is 0 Å². The van der Waals surface area contributed by atoms with Crippen LogP contribution in [0, 0.1) is 13.8 Å². The first-order valence-corrected chi connectivity index (χ1v) is 19.7. The molecule has 2 heteroatoms. The minimum absolute atomic E-state index is 0.808. The summed E-state index contributed by atoms with van der Waals surface area (Å²) in [7, 11) is 0. The minimum Gasteiger partial charge on any atom is -0.493 e. The van der Waals surface area contributed by atoms with E-state index in [4.69, 9.17) is 9.47 Å². The highest BCUT2D eigenvalue weighted by Crippen LogP contribution is 2.28. The molecule has 0 aliphatic heterocycles. The Balaban J connectivity index is 2.00. The molecular weight excluding hydrogens is 560 g/mol. The molecule has 0 N–H and O–H groups in total. The predicted octanol–water partition coefficient (Wildman–Crippen LogP) is 14.7. The van der Waals surface area contributed by atoms with Crippen molar-refractivity contribution in [1.29, 1.82) is 0 Å². The lowest BCUT2D eigenvalue weighted by molar-refractivity contribution is 0.293. The van der Waals surface area contributed by atoms with E-state index in [0.717, 1.165) is 50.4 Å². The van der Waals surface area contributed by atoms with Gasteiger partial charge in [0.25, 0.3) is 0 Å². The first-order valence-electron chi connectivity index (χ1n) is 19.7. The highest BCUT2D eigenvalue weighted by molar-refractivity contribution is 5.45. The molecule has 0 saturated carbocycles. The fourth-order valence-corrected chi connectivity index (χ4v) is 5.62. The van der Waals surface area contributed by atoms with Gasteiger partial charge in [0.15, 0.2) is 0 Å². The van der Waals surface area contributed by atoms with Gasteiger partial charge < -0.3 is 9.47 Å². The van der Waals surface area contributed by atoms with Gasteiger partial charge in [-0.3, -0.25) is 0 Å². The third-order valence-corrected chi connectivity index (χ3v) is 8.68. The van der Waals surface area contributed by atoms with Crippen molar-refractivity contribution in [3.63, 3.8) is 0 Å². The van der Waals surface area contributed by atoms with E-state index in [0.29, 0.717) is 0 Å². The molecule has 0 heterocycles. The Hall–Kier alpha value is -2.22. The lowest BCUT2D eigenvalue weighted by Crippen LogP contribution is -2.02. The highest BCUT2D eigenvalue weighted by atomic mass is 16.5. The Bertz CT molecular complexity index is 846. The number of hydrogen-bond acceptors (Lipinski definition) is 2. The Morgan fingerprint density at radius 1 is 0.391 bits per heavy atom. The molecular formula is C44H74O2. The third-order valence-electron chi connectivity index (χ3n) is 8.68. The summed E-state index contributed by atoms with van der Waals surface area (Å²) in [6.45, 7) is 10.4. The summed E-state index contributed by atoms with van der Waals surface area (Å²) in [5.41, 5.74) is 2.36. The first-order chi connectivity index (χ1) is 22.7. The van der Waals surface area contributed by atoms with Crippen molar-refractivity contribution in [2.24, 2.45) is 0 Å². The Labute approximate surface area is 287 Å². The van der Waals surface area contributed by atoms with Gasteiger partial charge in [0.05, 0.1) is 13.2 Å². The molecule has 262 valence electrons. The molecule has 1 rings (SSSR count). The second-order valence-electron chi connectivity index (χ2n) is 13.2. The summed E-state index contributed by atoms with van der Waals surface area (Å²) in [6, 6.07) is 4.33. The Morgan fingerprint density at radius 2 is 0.696 bits per heavy atom. The van der Waals surface area contributed by atoms with Crippen LogP contribution in [0.25, 0.3) is 0 Å². The molecule has 1 aromatic carbocycles. The molecule has 2 nitrogen and oxygen atoms in total. The molecule has 1 aromatic rings. The van der Waals surface area contributed by atoms with Crippen molar-refractivity contribution < 1.29 is 9.47 Å². The monoisotopic (exact) mass is 635 g/mol. The van der Waals surface area contributed by atoms with Crippen LogP contribution >= 0.6 is 0 Å². The van der Waals surface area contributed by atoms with Gasteiger partial charge in [0, 0.05) is 0 Å². The molecule has 0 bridgehead atoms. The summed E-state index contributed by atoms with van der Waals surface area (Å²) in [4.78, 5) is 0. The number of hydrogen-bond donors (Lipinski definition) is 0. The molecule has 46 heavy (non-hydrogen) atoms. The van der Waals surface area contributed by atoms with Crippen LogP contribution in [0.3, 0.4) is 0 Å². The minimum atomic E-state index is 0.808. The summed E-state index contributed by atoms with van der Waals surface area (Å²) in [5.74, 6) is 2.03. The Kier molecular flexibility index (Phi) is 29.7. The smallest absolute Gasteiger partial charge is 0.122 e. The van der Waals surface area contributed by atoms with Crippen LogP contribution in [0.15, 0.2) is 60.7 Å². The molecule has 0 radical (unpaired) electrons. The molecule has 0 fully saturated rings. The van der Waals surface area contributed by atoms with Gasteiger partial charge in [0.1, 0.15) is 11.5 Å². The molecule has 0 aromatic heterocycles. The fraction of sp³-hybridized carbons (Fsp3) is 0.682. The van der Waals surface area contributed by atoms with E-state index in [1.807, 2.05) is 0 Å². The standard InChI is InChI=1S/C44H74O2/c1-5-7-9-11-13-15-17-19-21-23-25-27-29-31-33-35-37-45-43-39-42(4)44(40-41(43)3)46-38-36-34-32-30-28-26-24-22-20-18-16-14-12-10-8-6-2/h13-16,19-22,39-40H,5-12,17-18,23-38H2,1-4H3/b15-13-,16-14-,21-19-,22-20-. The maximum atomic E-state index is 6.15. The molecule has 0 amide bonds. The van der Waals surface area contributed by atoms with Gasteiger partial charge in [-0.1, -0.05) is 140 Å². The maximum absolute atomic E-state index is 6.15. The molecule has 0 atom stereocenters. The number of unbranched alkanes of at least 4 members (excludes halogenated alkanes) is 18. The van der Waals surface area contributed by atoms with Crippen molar-refractivity contribution in [2.45, 2.75) is 182 Å². The van der Waals surface area contributed by atoms with Crippen LogP contribution in [0.4, 0.5) is 0 Å². The maximum Gasteiger partial charge on any atom is 0.122 e. The topological polar surface area (TPSA) is 18.5 Å². The first kappa shape index (κ1) is 41.8. The molecule has 0 unspecified atom stereocenters. The zero-order valence-corrected chi connectivity index (χ0v) is 31.0.